The molecule has 3 heteroatoms. The van der Waals surface area contributed by atoms with Gasteiger partial charge in [0.1, 0.15) is 5.82 Å². The van der Waals surface area contributed by atoms with Crippen LogP contribution in [0.1, 0.15) is 17.2 Å². The fourth-order valence-corrected chi connectivity index (χ4v) is 2.00. The Balaban J connectivity index is 2.21. The lowest BCUT2D eigenvalue weighted by Crippen LogP contribution is -2.17. The van der Waals surface area contributed by atoms with E-state index in [-0.39, 0.29) is 11.9 Å². The van der Waals surface area contributed by atoms with Crippen molar-refractivity contribution in [1.82, 2.24) is 0 Å². The van der Waals surface area contributed by atoms with Crippen LogP contribution in [0.5, 0.6) is 0 Å². The van der Waals surface area contributed by atoms with Crippen molar-refractivity contribution < 1.29 is 9.13 Å². The van der Waals surface area contributed by atoms with Crippen molar-refractivity contribution >= 4 is 5.69 Å². The normalized spacial score (nSPS) is 12.2. The summed E-state index contributed by atoms with van der Waals surface area (Å²) in [6.45, 7) is 2.36. The summed E-state index contributed by atoms with van der Waals surface area (Å²) in [7, 11) is 1.64. The molecule has 0 aliphatic rings. The number of hydrogen-bond donors (Lipinski definition) is 1. The summed E-state index contributed by atoms with van der Waals surface area (Å²) in [5.74, 6) is -0.239. The Morgan fingerprint density at radius 3 is 2.53 bits per heavy atom. The fourth-order valence-electron chi connectivity index (χ4n) is 2.00. The average Bonchev–Trinajstić information content (AvgIpc) is 2.42. The van der Waals surface area contributed by atoms with E-state index in [4.69, 9.17) is 4.74 Å². The number of ether oxygens (including phenoxy) is 1. The molecule has 0 bridgehead atoms. The molecule has 2 aromatic rings. The maximum atomic E-state index is 13.9. The van der Waals surface area contributed by atoms with Crippen molar-refractivity contribution in [2.45, 2.75) is 13.0 Å². The number of aryl methyl sites for hydroxylation is 1. The molecule has 0 radical (unpaired) electrons. The second-order valence-electron chi connectivity index (χ2n) is 4.55. The van der Waals surface area contributed by atoms with Crippen molar-refractivity contribution in [3.8, 4) is 0 Å². The van der Waals surface area contributed by atoms with Gasteiger partial charge >= 0.3 is 0 Å². The van der Waals surface area contributed by atoms with E-state index in [1.54, 1.807) is 13.2 Å². The zero-order chi connectivity index (χ0) is 13.7. The lowest BCUT2D eigenvalue weighted by molar-refractivity contribution is 0.186. The van der Waals surface area contributed by atoms with Crippen LogP contribution >= 0.6 is 0 Å². The smallest absolute Gasteiger partial charge is 0.146 e. The third-order valence-electron chi connectivity index (χ3n) is 2.99. The van der Waals surface area contributed by atoms with Crippen LogP contribution in [-0.4, -0.2) is 13.7 Å². The number of hydrogen-bond acceptors (Lipinski definition) is 2. The molecule has 2 nitrogen and oxygen atoms in total. The molecule has 1 unspecified atom stereocenters. The molecule has 2 rings (SSSR count). The molecule has 100 valence electrons. The van der Waals surface area contributed by atoms with Crippen LogP contribution in [0.2, 0.25) is 0 Å². The Kier molecular flexibility index (Phi) is 4.53. The second-order valence-corrected chi connectivity index (χ2v) is 4.55. The molecule has 0 saturated heterocycles. The van der Waals surface area contributed by atoms with Crippen molar-refractivity contribution in [2.24, 2.45) is 0 Å². The molecule has 0 spiro atoms. The first-order valence-electron chi connectivity index (χ1n) is 6.27. The maximum Gasteiger partial charge on any atom is 0.146 e. The Morgan fingerprint density at radius 2 is 1.89 bits per heavy atom. The van der Waals surface area contributed by atoms with Gasteiger partial charge in [-0.15, -0.1) is 0 Å². The van der Waals surface area contributed by atoms with Crippen LogP contribution in [0.4, 0.5) is 10.1 Å². The van der Waals surface area contributed by atoms with Crippen molar-refractivity contribution in [2.75, 3.05) is 19.0 Å². The number of rotatable bonds is 5. The Morgan fingerprint density at radius 1 is 1.16 bits per heavy atom. The molecule has 1 N–H and O–H groups in total. The number of halogens is 1. The summed E-state index contributed by atoms with van der Waals surface area (Å²) in [5, 5.41) is 3.19. The van der Waals surface area contributed by atoms with Crippen molar-refractivity contribution in [3.05, 3.63) is 65.5 Å². The van der Waals surface area contributed by atoms with E-state index < -0.39 is 0 Å². The van der Waals surface area contributed by atoms with E-state index in [2.05, 4.69) is 5.32 Å². The van der Waals surface area contributed by atoms with Crippen LogP contribution in [0.25, 0.3) is 0 Å². The molecule has 2 aromatic carbocycles. The van der Waals surface area contributed by atoms with Gasteiger partial charge < -0.3 is 10.1 Å². The van der Waals surface area contributed by atoms with Crippen molar-refractivity contribution in [3.63, 3.8) is 0 Å². The number of methoxy groups -OCH3 is 1. The van der Waals surface area contributed by atoms with Crippen LogP contribution < -0.4 is 5.32 Å². The van der Waals surface area contributed by atoms with Gasteiger partial charge in [0.2, 0.25) is 0 Å². The van der Waals surface area contributed by atoms with Gasteiger partial charge in [0, 0.05) is 7.11 Å². The molecule has 0 aliphatic heterocycles. The molecule has 0 saturated carbocycles. The van der Waals surface area contributed by atoms with Crippen LogP contribution in [0.3, 0.4) is 0 Å². The summed E-state index contributed by atoms with van der Waals surface area (Å²) < 4.78 is 19.1. The zero-order valence-electron chi connectivity index (χ0n) is 11.2. The minimum Gasteiger partial charge on any atom is -0.382 e. The standard InChI is InChI=1S/C16H18FNO/c1-12-8-9-15(14(17)10-12)18-16(11-19-2)13-6-4-3-5-7-13/h3-10,16,18H,11H2,1-2H3. The van der Waals surface area contributed by atoms with E-state index >= 15 is 0 Å². The molecule has 0 fully saturated rings. The highest BCUT2D eigenvalue weighted by Gasteiger charge is 2.12. The van der Waals surface area contributed by atoms with Gasteiger partial charge in [0.05, 0.1) is 18.3 Å². The summed E-state index contributed by atoms with van der Waals surface area (Å²) in [5.41, 5.74) is 2.48. The first-order valence-corrected chi connectivity index (χ1v) is 6.27. The third-order valence-corrected chi connectivity index (χ3v) is 2.99. The van der Waals surface area contributed by atoms with Crippen LogP contribution in [0.15, 0.2) is 48.5 Å². The van der Waals surface area contributed by atoms with Gasteiger partial charge in [-0.2, -0.15) is 0 Å². The molecule has 1 atom stereocenters. The zero-order valence-corrected chi connectivity index (χ0v) is 11.2. The van der Waals surface area contributed by atoms with Gasteiger partial charge in [-0.3, -0.25) is 0 Å². The van der Waals surface area contributed by atoms with Crippen LogP contribution in [-0.2, 0) is 4.74 Å². The largest absolute Gasteiger partial charge is 0.382 e. The van der Waals surface area contributed by atoms with Gasteiger partial charge in [-0.25, -0.2) is 4.39 Å². The minimum atomic E-state index is -0.239. The number of anilines is 1. The average molecular weight is 259 g/mol. The third kappa shape index (κ3) is 3.55. The molecule has 0 aromatic heterocycles. The highest BCUT2D eigenvalue weighted by Crippen LogP contribution is 2.22. The lowest BCUT2D eigenvalue weighted by Gasteiger charge is -2.20. The predicted molar refractivity (Wildman–Crippen MR) is 75.8 cm³/mol. The van der Waals surface area contributed by atoms with E-state index in [1.165, 1.54) is 6.07 Å². The van der Waals surface area contributed by atoms with E-state index in [0.29, 0.717) is 12.3 Å². The van der Waals surface area contributed by atoms with Crippen molar-refractivity contribution in [1.29, 1.82) is 0 Å². The molecule has 0 heterocycles. The first-order chi connectivity index (χ1) is 9.20. The Hall–Kier alpha value is -1.87. The SMILES string of the molecule is COCC(Nc1ccc(C)cc1F)c1ccccc1. The minimum absolute atomic E-state index is 0.0663. The van der Waals surface area contributed by atoms with Gasteiger partial charge in [-0.05, 0) is 30.2 Å². The summed E-state index contributed by atoms with van der Waals surface area (Å²) in [6.07, 6.45) is 0. The topological polar surface area (TPSA) is 21.3 Å². The summed E-state index contributed by atoms with van der Waals surface area (Å²) in [4.78, 5) is 0. The van der Waals surface area contributed by atoms with E-state index in [9.17, 15) is 4.39 Å². The molecule has 0 amide bonds. The number of nitrogens with one attached hydrogen (secondary N) is 1. The molecular weight excluding hydrogens is 241 g/mol. The fraction of sp³-hybridized carbons (Fsp3) is 0.250. The lowest BCUT2D eigenvalue weighted by atomic mass is 10.1. The Bertz CT molecular complexity index is 528. The first kappa shape index (κ1) is 13.6. The maximum absolute atomic E-state index is 13.9. The summed E-state index contributed by atoms with van der Waals surface area (Å²) in [6, 6.07) is 15.0. The molecular formula is C16H18FNO. The predicted octanol–water partition coefficient (Wildman–Crippen LogP) is 3.93. The summed E-state index contributed by atoms with van der Waals surface area (Å²) >= 11 is 0. The van der Waals surface area contributed by atoms with Gasteiger partial charge in [0.15, 0.2) is 0 Å². The molecule has 0 aliphatic carbocycles. The van der Waals surface area contributed by atoms with E-state index in [0.717, 1.165) is 11.1 Å². The number of benzene rings is 2. The Labute approximate surface area is 113 Å². The van der Waals surface area contributed by atoms with Gasteiger partial charge in [0.25, 0.3) is 0 Å². The monoisotopic (exact) mass is 259 g/mol. The molecule has 19 heavy (non-hydrogen) atoms. The van der Waals surface area contributed by atoms with Gasteiger partial charge in [-0.1, -0.05) is 36.4 Å². The highest BCUT2D eigenvalue weighted by molar-refractivity contribution is 5.48. The quantitative estimate of drug-likeness (QED) is 0.878. The van der Waals surface area contributed by atoms with E-state index in [1.807, 2.05) is 43.3 Å². The van der Waals surface area contributed by atoms with Crippen LogP contribution in [0, 0.1) is 12.7 Å². The second kappa shape index (κ2) is 6.34. The highest BCUT2D eigenvalue weighted by atomic mass is 19.1.